The molecule has 1 N–H and O–H groups in total. The molecule has 0 heterocycles. The summed E-state index contributed by atoms with van der Waals surface area (Å²) in [4.78, 5) is 10.7. The van der Waals surface area contributed by atoms with Crippen LogP contribution in [0.15, 0.2) is 35.9 Å². The van der Waals surface area contributed by atoms with Gasteiger partial charge in [-0.1, -0.05) is 52.0 Å². The molecule has 2 aliphatic rings. The van der Waals surface area contributed by atoms with Crippen LogP contribution in [0.2, 0.25) is 0 Å². The maximum absolute atomic E-state index is 10.7. The fraction of sp³-hybridized carbons (Fsp3) is 0.560. The Bertz CT molecular complexity index is 808. The third kappa shape index (κ3) is 4.20. The topological polar surface area (TPSA) is 37.3 Å². The van der Waals surface area contributed by atoms with Crippen molar-refractivity contribution in [2.75, 3.05) is 0 Å². The lowest BCUT2D eigenvalue weighted by molar-refractivity contribution is -0.131. The van der Waals surface area contributed by atoms with Crippen molar-refractivity contribution in [2.24, 2.45) is 5.92 Å². The number of hydrogen-bond donors (Lipinski definition) is 1. The summed E-state index contributed by atoms with van der Waals surface area (Å²) in [7, 11) is 0. The lowest BCUT2D eigenvalue weighted by Gasteiger charge is -2.42. The molecule has 1 saturated carbocycles. The van der Waals surface area contributed by atoms with E-state index >= 15 is 0 Å². The van der Waals surface area contributed by atoms with Crippen LogP contribution in [0.1, 0.15) is 88.5 Å². The van der Waals surface area contributed by atoms with E-state index in [0.29, 0.717) is 11.8 Å². The van der Waals surface area contributed by atoms with Crippen LogP contribution in [-0.4, -0.2) is 11.1 Å². The maximum atomic E-state index is 10.7. The number of rotatable bonds is 5. The largest absolute Gasteiger partial charge is 0.478 e. The van der Waals surface area contributed by atoms with Crippen LogP contribution in [-0.2, 0) is 15.6 Å². The van der Waals surface area contributed by atoms with E-state index in [9.17, 15) is 4.79 Å². The molecule has 0 bridgehead atoms. The highest BCUT2D eigenvalue weighted by Gasteiger charge is 2.41. The second kappa shape index (κ2) is 6.96. The molecule has 0 radical (unpaired) electrons. The molecule has 0 aliphatic heterocycles. The van der Waals surface area contributed by atoms with Crippen molar-refractivity contribution in [3.8, 4) is 0 Å². The first-order valence-electron chi connectivity index (χ1n) is 10.2. The van der Waals surface area contributed by atoms with Crippen molar-refractivity contribution >= 4 is 5.97 Å². The number of carboxylic acid groups (broad SMARTS) is 1. The van der Waals surface area contributed by atoms with Crippen molar-refractivity contribution in [1.29, 1.82) is 0 Å². The molecule has 2 unspecified atom stereocenters. The monoisotopic (exact) mass is 366 g/mol. The highest BCUT2D eigenvalue weighted by molar-refractivity contribution is 5.81. The average molecular weight is 367 g/mol. The molecule has 146 valence electrons. The number of allylic oxidation sites excluding steroid dienone is 3. The minimum absolute atomic E-state index is 0.260. The third-order valence-electron chi connectivity index (χ3n) is 6.73. The molecule has 1 aromatic rings. The third-order valence-corrected chi connectivity index (χ3v) is 6.73. The van der Waals surface area contributed by atoms with Crippen LogP contribution in [0.4, 0.5) is 0 Å². The summed E-state index contributed by atoms with van der Waals surface area (Å²) in [6, 6.07) is 4.99. The van der Waals surface area contributed by atoms with Gasteiger partial charge in [-0.05, 0) is 90.0 Å². The number of hydrogen-bond acceptors (Lipinski definition) is 1. The predicted octanol–water partition coefficient (Wildman–Crippen LogP) is 6.42. The van der Waals surface area contributed by atoms with Gasteiger partial charge in [-0.15, -0.1) is 0 Å². The summed E-state index contributed by atoms with van der Waals surface area (Å²) >= 11 is 0. The van der Waals surface area contributed by atoms with Crippen molar-refractivity contribution in [3.63, 3.8) is 0 Å². The summed E-state index contributed by atoms with van der Waals surface area (Å²) < 4.78 is 0. The van der Waals surface area contributed by atoms with E-state index in [-0.39, 0.29) is 10.8 Å². The summed E-state index contributed by atoms with van der Waals surface area (Å²) in [5.74, 6) is 0.469. The van der Waals surface area contributed by atoms with E-state index in [2.05, 4.69) is 52.8 Å². The van der Waals surface area contributed by atoms with Crippen molar-refractivity contribution in [1.82, 2.24) is 0 Å². The van der Waals surface area contributed by atoms with Gasteiger partial charge in [0.1, 0.15) is 0 Å². The molecule has 2 aliphatic carbocycles. The second-order valence-corrected chi connectivity index (χ2v) is 9.99. The van der Waals surface area contributed by atoms with E-state index in [1.54, 1.807) is 11.1 Å². The zero-order chi connectivity index (χ0) is 20.0. The molecule has 3 rings (SSSR count). The predicted molar refractivity (Wildman–Crippen MR) is 112 cm³/mol. The Balaban J connectivity index is 1.78. The van der Waals surface area contributed by atoms with Gasteiger partial charge >= 0.3 is 5.97 Å². The van der Waals surface area contributed by atoms with E-state index in [0.717, 1.165) is 12.0 Å². The molecule has 1 aromatic carbocycles. The molecule has 27 heavy (non-hydrogen) atoms. The van der Waals surface area contributed by atoms with Crippen molar-refractivity contribution < 1.29 is 9.90 Å². The lowest BCUT2D eigenvalue weighted by Crippen LogP contribution is -2.34. The zero-order valence-electron chi connectivity index (χ0n) is 17.7. The molecular formula is C25H34O2. The molecule has 2 nitrogen and oxygen atoms in total. The van der Waals surface area contributed by atoms with Gasteiger partial charge in [0, 0.05) is 6.08 Å². The van der Waals surface area contributed by atoms with E-state index in [1.807, 2.05) is 13.0 Å². The number of carboxylic acids is 1. The minimum Gasteiger partial charge on any atom is -0.478 e. The molecule has 0 spiro atoms. The first-order valence-corrected chi connectivity index (χ1v) is 10.2. The maximum Gasteiger partial charge on any atom is 0.328 e. The Morgan fingerprint density at radius 2 is 1.74 bits per heavy atom. The van der Waals surface area contributed by atoms with Gasteiger partial charge in [0.2, 0.25) is 0 Å². The first kappa shape index (κ1) is 19.9. The number of fused-ring (bicyclic) bond motifs is 1. The first-order chi connectivity index (χ1) is 12.5. The quantitative estimate of drug-likeness (QED) is 0.482. The Morgan fingerprint density at radius 3 is 2.33 bits per heavy atom. The van der Waals surface area contributed by atoms with E-state index in [4.69, 9.17) is 5.11 Å². The van der Waals surface area contributed by atoms with Gasteiger partial charge < -0.3 is 5.11 Å². The van der Waals surface area contributed by atoms with Gasteiger partial charge in [0.05, 0.1) is 0 Å². The average Bonchev–Trinajstić information content (AvgIpc) is 3.30. The standard InChI is InChI=1S/C25H34O2/c1-16(12-23(26)27)8-7-9-18-14-20(18)19-15-22-21(13-17(19)2)24(3,4)10-11-25(22,5)6/h7-8,12-13,15,18,20H,9-11,14H2,1-6H3,(H,26,27)/b8-7+,16-12+. The summed E-state index contributed by atoms with van der Waals surface area (Å²) in [6.07, 6.45) is 10.1. The fourth-order valence-corrected chi connectivity index (χ4v) is 4.70. The highest BCUT2D eigenvalue weighted by atomic mass is 16.4. The Kier molecular flexibility index (Phi) is 5.14. The van der Waals surface area contributed by atoms with Crippen molar-refractivity contribution in [2.45, 2.75) is 84.0 Å². The molecule has 0 aromatic heterocycles. The SMILES string of the molecule is CC(/C=C/CC1CC1c1cc2c(cc1C)C(C)(C)CCC2(C)C)=C\C(=O)O. The molecule has 0 amide bonds. The number of benzene rings is 1. The highest BCUT2D eigenvalue weighted by Crippen LogP contribution is 2.53. The smallest absolute Gasteiger partial charge is 0.328 e. The van der Waals surface area contributed by atoms with Gasteiger partial charge in [0.25, 0.3) is 0 Å². The second-order valence-electron chi connectivity index (χ2n) is 9.99. The summed E-state index contributed by atoms with van der Waals surface area (Å²) in [6.45, 7) is 13.7. The molecular weight excluding hydrogens is 332 g/mol. The van der Waals surface area contributed by atoms with Crippen LogP contribution in [0, 0.1) is 12.8 Å². The van der Waals surface area contributed by atoms with E-state index < -0.39 is 5.97 Å². The Morgan fingerprint density at radius 1 is 1.15 bits per heavy atom. The van der Waals surface area contributed by atoms with Crippen LogP contribution in [0.25, 0.3) is 0 Å². The number of carbonyl (C=O) groups is 1. The minimum atomic E-state index is -0.878. The Hall–Kier alpha value is -1.83. The normalized spacial score (nSPS) is 26.1. The van der Waals surface area contributed by atoms with Gasteiger partial charge in [-0.2, -0.15) is 0 Å². The van der Waals surface area contributed by atoms with E-state index in [1.165, 1.54) is 36.5 Å². The number of aryl methyl sites for hydroxylation is 1. The van der Waals surface area contributed by atoms with Crippen LogP contribution in [0.3, 0.4) is 0 Å². The number of aliphatic carboxylic acids is 1. The molecule has 2 atom stereocenters. The molecule has 2 heteroatoms. The van der Waals surface area contributed by atoms with Crippen LogP contribution in [0.5, 0.6) is 0 Å². The van der Waals surface area contributed by atoms with Crippen LogP contribution >= 0.6 is 0 Å². The Labute approximate surface area is 164 Å². The van der Waals surface area contributed by atoms with Gasteiger partial charge in [-0.25, -0.2) is 4.79 Å². The summed E-state index contributed by atoms with van der Waals surface area (Å²) in [5, 5.41) is 8.79. The summed E-state index contributed by atoms with van der Waals surface area (Å²) in [5.41, 5.74) is 7.42. The van der Waals surface area contributed by atoms with Gasteiger partial charge in [-0.3, -0.25) is 0 Å². The lowest BCUT2D eigenvalue weighted by atomic mass is 9.62. The molecule has 0 saturated heterocycles. The van der Waals surface area contributed by atoms with Gasteiger partial charge in [0.15, 0.2) is 0 Å². The zero-order valence-corrected chi connectivity index (χ0v) is 17.7. The van der Waals surface area contributed by atoms with Crippen LogP contribution < -0.4 is 0 Å². The van der Waals surface area contributed by atoms with Crippen molar-refractivity contribution in [3.05, 3.63) is 58.2 Å². The molecule has 1 fully saturated rings. The fourth-order valence-electron chi connectivity index (χ4n) is 4.70.